The summed E-state index contributed by atoms with van der Waals surface area (Å²) in [5.74, 6) is 0. The van der Waals surface area contributed by atoms with Gasteiger partial charge in [-0.3, -0.25) is 4.98 Å². The minimum atomic E-state index is -0.284. The molecule has 0 radical (unpaired) electrons. The highest BCUT2D eigenvalue weighted by Crippen LogP contribution is 2.22. The van der Waals surface area contributed by atoms with Gasteiger partial charge in [-0.2, -0.15) is 11.3 Å². The Morgan fingerprint density at radius 3 is 2.87 bits per heavy atom. The first kappa shape index (κ1) is 15.5. The number of carbonyl (C=O) groups is 1. The van der Waals surface area contributed by atoms with Crippen LogP contribution in [0.25, 0.3) is 11.1 Å². The van der Waals surface area contributed by atoms with Crippen molar-refractivity contribution in [2.75, 3.05) is 5.32 Å². The van der Waals surface area contributed by atoms with E-state index in [1.165, 1.54) is 0 Å². The van der Waals surface area contributed by atoms with Crippen LogP contribution in [0, 0.1) is 0 Å². The van der Waals surface area contributed by atoms with E-state index in [9.17, 15) is 4.79 Å². The summed E-state index contributed by atoms with van der Waals surface area (Å²) in [6.07, 6.45) is 3.56. The average Bonchev–Trinajstić information content (AvgIpc) is 3.08. The van der Waals surface area contributed by atoms with Crippen molar-refractivity contribution in [1.82, 2.24) is 10.3 Å². The molecule has 116 valence electrons. The fraction of sp³-hybridized carbons (Fsp3) is 0.0588. The number of rotatable bonds is 4. The van der Waals surface area contributed by atoms with E-state index in [4.69, 9.17) is 11.6 Å². The van der Waals surface area contributed by atoms with Gasteiger partial charge in [-0.25, -0.2) is 4.79 Å². The molecule has 2 aromatic heterocycles. The van der Waals surface area contributed by atoms with Gasteiger partial charge < -0.3 is 10.6 Å². The number of anilines is 1. The van der Waals surface area contributed by atoms with Crippen molar-refractivity contribution >= 4 is 34.7 Å². The van der Waals surface area contributed by atoms with E-state index >= 15 is 0 Å². The molecule has 0 aliphatic carbocycles. The standard InChI is InChI=1S/C17H14ClN3OS/c18-15-2-1-3-16(7-15)21-17(22)20-9-12-6-14(10-19-8-12)13-4-5-23-11-13/h1-8,10-11H,9H2,(H2,20,21,22). The molecule has 0 atom stereocenters. The van der Waals surface area contributed by atoms with Gasteiger partial charge in [-0.1, -0.05) is 17.7 Å². The third kappa shape index (κ3) is 4.31. The lowest BCUT2D eigenvalue weighted by Gasteiger charge is -2.08. The minimum Gasteiger partial charge on any atom is -0.334 e. The summed E-state index contributed by atoms with van der Waals surface area (Å²) in [6.45, 7) is 0.400. The zero-order valence-electron chi connectivity index (χ0n) is 12.1. The summed E-state index contributed by atoms with van der Waals surface area (Å²) in [5.41, 5.74) is 3.77. The fourth-order valence-corrected chi connectivity index (χ4v) is 2.95. The zero-order chi connectivity index (χ0) is 16.1. The molecule has 3 aromatic rings. The maximum atomic E-state index is 11.9. The molecule has 6 heteroatoms. The maximum Gasteiger partial charge on any atom is 0.319 e. The van der Waals surface area contributed by atoms with E-state index in [2.05, 4.69) is 21.0 Å². The average molecular weight is 344 g/mol. The molecule has 0 aliphatic rings. The molecule has 0 saturated carbocycles. The van der Waals surface area contributed by atoms with Crippen LogP contribution in [-0.2, 0) is 6.54 Å². The van der Waals surface area contributed by atoms with Crippen LogP contribution in [0.15, 0.2) is 59.6 Å². The van der Waals surface area contributed by atoms with Crippen LogP contribution in [0.3, 0.4) is 0 Å². The summed E-state index contributed by atoms with van der Waals surface area (Å²) in [6, 6.07) is 10.8. The first-order valence-electron chi connectivity index (χ1n) is 6.97. The van der Waals surface area contributed by atoms with Crippen LogP contribution < -0.4 is 10.6 Å². The van der Waals surface area contributed by atoms with Crippen LogP contribution in [0.1, 0.15) is 5.56 Å². The van der Waals surface area contributed by atoms with Gasteiger partial charge in [0.1, 0.15) is 0 Å². The molecule has 2 N–H and O–H groups in total. The van der Waals surface area contributed by atoms with Gasteiger partial charge in [0, 0.05) is 35.2 Å². The molecular weight excluding hydrogens is 330 g/mol. The minimum absolute atomic E-state index is 0.284. The largest absolute Gasteiger partial charge is 0.334 e. The van der Waals surface area contributed by atoms with Crippen molar-refractivity contribution in [2.45, 2.75) is 6.54 Å². The fourth-order valence-electron chi connectivity index (χ4n) is 2.09. The number of benzene rings is 1. The van der Waals surface area contributed by atoms with Gasteiger partial charge in [-0.15, -0.1) is 0 Å². The number of urea groups is 1. The molecule has 0 bridgehead atoms. The van der Waals surface area contributed by atoms with Crippen molar-refractivity contribution in [2.24, 2.45) is 0 Å². The topological polar surface area (TPSA) is 54.0 Å². The highest BCUT2D eigenvalue weighted by Gasteiger charge is 2.04. The number of aromatic nitrogens is 1. The smallest absolute Gasteiger partial charge is 0.319 e. The third-order valence-electron chi connectivity index (χ3n) is 3.18. The summed E-state index contributed by atoms with van der Waals surface area (Å²) in [5, 5.41) is 10.2. The van der Waals surface area contributed by atoms with Gasteiger partial charge >= 0.3 is 6.03 Å². The van der Waals surface area contributed by atoms with E-state index in [-0.39, 0.29) is 6.03 Å². The molecule has 0 aliphatic heterocycles. The van der Waals surface area contributed by atoms with Gasteiger partial charge in [-0.05, 0) is 52.2 Å². The molecular formula is C17H14ClN3OS. The Labute approximate surface area is 143 Å². The van der Waals surface area contributed by atoms with Crippen LogP contribution in [0.2, 0.25) is 5.02 Å². The Morgan fingerprint density at radius 2 is 2.09 bits per heavy atom. The molecule has 2 amide bonds. The summed E-state index contributed by atoms with van der Waals surface area (Å²) < 4.78 is 0. The second-order valence-electron chi connectivity index (χ2n) is 4.91. The lowest BCUT2D eigenvalue weighted by Crippen LogP contribution is -2.28. The molecule has 23 heavy (non-hydrogen) atoms. The van der Waals surface area contributed by atoms with Crippen molar-refractivity contribution < 1.29 is 4.79 Å². The monoisotopic (exact) mass is 343 g/mol. The number of nitrogens with zero attached hydrogens (tertiary/aromatic N) is 1. The van der Waals surface area contributed by atoms with Crippen molar-refractivity contribution in [3.05, 3.63) is 70.1 Å². The van der Waals surface area contributed by atoms with E-state index in [0.29, 0.717) is 17.3 Å². The first-order valence-corrected chi connectivity index (χ1v) is 8.30. The van der Waals surface area contributed by atoms with Crippen molar-refractivity contribution in [1.29, 1.82) is 0 Å². The molecule has 0 spiro atoms. The Morgan fingerprint density at radius 1 is 1.17 bits per heavy atom. The molecule has 1 aromatic carbocycles. The Hall–Kier alpha value is -2.37. The molecule has 4 nitrogen and oxygen atoms in total. The molecule has 0 fully saturated rings. The lowest BCUT2D eigenvalue weighted by atomic mass is 10.1. The normalized spacial score (nSPS) is 10.3. The highest BCUT2D eigenvalue weighted by atomic mass is 35.5. The van der Waals surface area contributed by atoms with E-state index in [1.807, 2.05) is 23.7 Å². The van der Waals surface area contributed by atoms with Crippen LogP contribution >= 0.6 is 22.9 Å². The zero-order valence-corrected chi connectivity index (χ0v) is 13.7. The summed E-state index contributed by atoms with van der Waals surface area (Å²) in [4.78, 5) is 16.2. The second kappa shape index (κ2) is 7.26. The summed E-state index contributed by atoms with van der Waals surface area (Å²) >= 11 is 7.53. The van der Waals surface area contributed by atoms with Crippen molar-refractivity contribution in [3.8, 4) is 11.1 Å². The SMILES string of the molecule is O=C(NCc1cncc(-c2ccsc2)c1)Nc1cccc(Cl)c1. The highest BCUT2D eigenvalue weighted by molar-refractivity contribution is 7.08. The third-order valence-corrected chi connectivity index (χ3v) is 4.10. The second-order valence-corrected chi connectivity index (χ2v) is 6.13. The van der Waals surface area contributed by atoms with Crippen molar-refractivity contribution in [3.63, 3.8) is 0 Å². The molecule has 0 unspecified atom stereocenters. The Kier molecular flexibility index (Phi) is 4.90. The maximum absolute atomic E-state index is 11.9. The van der Waals surface area contributed by atoms with Crippen LogP contribution in [-0.4, -0.2) is 11.0 Å². The number of amides is 2. The van der Waals surface area contributed by atoms with Gasteiger partial charge in [0.15, 0.2) is 0 Å². The number of halogens is 1. The number of carbonyl (C=O) groups excluding carboxylic acids is 1. The molecule has 0 saturated heterocycles. The van der Waals surface area contributed by atoms with Gasteiger partial charge in [0.2, 0.25) is 0 Å². The van der Waals surface area contributed by atoms with Crippen LogP contribution in [0.4, 0.5) is 10.5 Å². The van der Waals surface area contributed by atoms with E-state index in [0.717, 1.165) is 16.7 Å². The predicted octanol–water partition coefficient (Wildman–Crippen LogP) is 4.79. The van der Waals surface area contributed by atoms with E-state index < -0.39 is 0 Å². The first-order chi connectivity index (χ1) is 11.2. The Balaban J connectivity index is 1.60. The predicted molar refractivity (Wildman–Crippen MR) is 94.9 cm³/mol. The number of hydrogen-bond donors (Lipinski definition) is 2. The Bertz CT molecular complexity index is 805. The van der Waals surface area contributed by atoms with Crippen LogP contribution in [0.5, 0.6) is 0 Å². The summed E-state index contributed by atoms with van der Waals surface area (Å²) in [7, 11) is 0. The van der Waals surface area contributed by atoms with Gasteiger partial charge in [0.25, 0.3) is 0 Å². The lowest BCUT2D eigenvalue weighted by molar-refractivity contribution is 0.251. The molecule has 2 heterocycles. The van der Waals surface area contributed by atoms with Gasteiger partial charge in [0.05, 0.1) is 0 Å². The number of hydrogen-bond acceptors (Lipinski definition) is 3. The number of nitrogens with one attached hydrogen (secondary N) is 2. The number of thiophene rings is 1. The molecule has 3 rings (SSSR count). The number of pyridine rings is 1. The van der Waals surface area contributed by atoms with E-state index in [1.54, 1.807) is 41.8 Å². The quantitative estimate of drug-likeness (QED) is 0.716.